The monoisotopic (exact) mass is 236 g/mol. The fraction of sp³-hybridized carbons (Fsp3) is 0. The first-order valence-electron chi connectivity index (χ1n) is 4.43. The van der Waals surface area contributed by atoms with Crippen molar-refractivity contribution in [2.75, 3.05) is 0 Å². The number of carbonyl (C=O) groups is 1. The second kappa shape index (κ2) is 4.37. The summed E-state index contributed by atoms with van der Waals surface area (Å²) in [5, 5.41) is 0.300. The van der Waals surface area contributed by atoms with E-state index in [-0.39, 0.29) is 11.3 Å². The first-order valence-corrected chi connectivity index (χ1v) is 4.81. The van der Waals surface area contributed by atoms with Gasteiger partial charge in [-0.3, -0.25) is 9.78 Å². The summed E-state index contributed by atoms with van der Waals surface area (Å²) in [7, 11) is 0. The Morgan fingerprint density at radius 3 is 2.62 bits per heavy atom. The van der Waals surface area contributed by atoms with Crippen molar-refractivity contribution in [2.45, 2.75) is 0 Å². The molecule has 0 radical (unpaired) electrons. The number of hydrogen-bond donors (Lipinski definition) is 0. The van der Waals surface area contributed by atoms with Gasteiger partial charge in [-0.05, 0) is 18.2 Å². The molecule has 0 bridgehead atoms. The van der Waals surface area contributed by atoms with E-state index in [2.05, 4.69) is 9.97 Å². The lowest BCUT2D eigenvalue weighted by Crippen LogP contribution is -2.02. The van der Waals surface area contributed by atoms with Gasteiger partial charge in [0, 0.05) is 23.5 Å². The molecule has 5 heteroatoms. The number of rotatable bonds is 2. The highest BCUT2D eigenvalue weighted by Crippen LogP contribution is 2.11. The van der Waals surface area contributed by atoms with Gasteiger partial charge >= 0.3 is 0 Å². The van der Waals surface area contributed by atoms with Crippen molar-refractivity contribution in [1.82, 2.24) is 9.97 Å². The molecule has 0 fully saturated rings. The third-order valence-corrected chi connectivity index (χ3v) is 2.18. The van der Waals surface area contributed by atoms with Gasteiger partial charge in [0.25, 0.3) is 0 Å². The lowest BCUT2D eigenvalue weighted by Gasteiger charge is -2.00. The van der Waals surface area contributed by atoms with Crippen LogP contribution in [0.25, 0.3) is 0 Å². The SMILES string of the molecule is O=C(c1ccc(Cl)nc1)c1cncc(F)c1. The van der Waals surface area contributed by atoms with Crippen molar-refractivity contribution in [2.24, 2.45) is 0 Å². The Labute approximate surface area is 95.9 Å². The molecular formula is C11H6ClFN2O. The molecule has 0 aliphatic heterocycles. The minimum Gasteiger partial charge on any atom is -0.288 e. The molecule has 2 heterocycles. The van der Waals surface area contributed by atoms with Crippen LogP contribution >= 0.6 is 11.6 Å². The van der Waals surface area contributed by atoms with Gasteiger partial charge in [0.15, 0.2) is 5.78 Å². The molecule has 0 atom stereocenters. The molecule has 0 aromatic carbocycles. The quantitative estimate of drug-likeness (QED) is 0.594. The minimum atomic E-state index is -0.548. The number of aromatic nitrogens is 2. The summed E-state index contributed by atoms with van der Waals surface area (Å²) in [6.07, 6.45) is 3.69. The third kappa shape index (κ3) is 2.23. The second-order valence-electron chi connectivity index (χ2n) is 3.09. The van der Waals surface area contributed by atoms with Crippen LogP contribution in [0.4, 0.5) is 4.39 Å². The van der Waals surface area contributed by atoms with E-state index < -0.39 is 5.82 Å². The minimum absolute atomic E-state index is 0.184. The second-order valence-corrected chi connectivity index (χ2v) is 3.48. The van der Waals surface area contributed by atoms with Crippen LogP contribution in [-0.4, -0.2) is 15.8 Å². The third-order valence-electron chi connectivity index (χ3n) is 1.96. The Morgan fingerprint density at radius 1 is 1.19 bits per heavy atom. The number of pyridine rings is 2. The largest absolute Gasteiger partial charge is 0.288 e. The molecule has 0 amide bonds. The number of hydrogen-bond acceptors (Lipinski definition) is 3. The highest BCUT2D eigenvalue weighted by atomic mass is 35.5. The van der Waals surface area contributed by atoms with Crippen molar-refractivity contribution < 1.29 is 9.18 Å². The van der Waals surface area contributed by atoms with Crippen LogP contribution in [0.2, 0.25) is 5.15 Å². The fourth-order valence-corrected chi connectivity index (χ4v) is 1.32. The zero-order valence-corrected chi connectivity index (χ0v) is 8.78. The van der Waals surface area contributed by atoms with E-state index in [4.69, 9.17) is 11.6 Å². The van der Waals surface area contributed by atoms with E-state index in [1.807, 2.05) is 0 Å². The van der Waals surface area contributed by atoms with Gasteiger partial charge in [-0.1, -0.05) is 11.6 Å². The van der Waals surface area contributed by atoms with Gasteiger partial charge in [-0.25, -0.2) is 9.37 Å². The molecule has 2 rings (SSSR count). The van der Waals surface area contributed by atoms with Gasteiger partial charge in [0.1, 0.15) is 11.0 Å². The van der Waals surface area contributed by atoms with Crippen LogP contribution in [0.1, 0.15) is 15.9 Å². The Morgan fingerprint density at radius 2 is 2.00 bits per heavy atom. The molecule has 0 spiro atoms. The molecule has 2 aromatic heterocycles. The van der Waals surface area contributed by atoms with Crippen molar-refractivity contribution in [3.05, 3.63) is 58.9 Å². The summed E-state index contributed by atoms with van der Waals surface area (Å²) in [5.74, 6) is -0.885. The molecule has 3 nitrogen and oxygen atoms in total. The summed E-state index contributed by atoms with van der Waals surface area (Å²) >= 11 is 5.59. The molecule has 2 aromatic rings. The maximum atomic E-state index is 12.9. The van der Waals surface area contributed by atoms with E-state index in [9.17, 15) is 9.18 Å². The summed E-state index contributed by atoms with van der Waals surface area (Å²) in [4.78, 5) is 19.2. The standard InChI is InChI=1S/C11H6ClFN2O/c12-10-2-1-7(5-15-10)11(16)8-3-9(13)6-14-4-8/h1-6H. The number of ketones is 1. The van der Waals surface area contributed by atoms with Gasteiger partial charge in [0.05, 0.1) is 6.20 Å². The summed E-state index contributed by atoms with van der Waals surface area (Å²) < 4.78 is 12.9. The van der Waals surface area contributed by atoms with Gasteiger partial charge in [-0.2, -0.15) is 0 Å². The van der Waals surface area contributed by atoms with E-state index in [0.717, 1.165) is 12.3 Å². The first-order chi connectivity index (χ1) is 7.66. The summed E-state index contributed by atoms with van der Waals surface area (Å²) in [5.41, 5.74) is 0.529. The Bertz CT molecular complexity index is 528. The van der Waals surface area contributed by atoms with Gasteiger partial charge in [-0.15, -0.1) is 0 Å². The van der Waals surface area contributed by atoms with Gasteiger partial charge in [0.2, 0.25) is 0 Å². The summed E-state index contributed by atoms with van der Waals surface area (Å²) in [6.45, 7) is 0. The van der Waals surface area contributed by atoms with Crippen molar-refractivity contribution in [1.29, 1.82) is 0 Å². The van der Waals surface area contributed by atoms with E-state index in [1.54, 1.807) is 0 Å². The molecule has 0 saturated carbocycles. The Hall–Kier alpha value is -1.81. The topological polar surface area (TPSA) is 42.9 Å². The Balaban J connectivity index is 2.35. The molecule has 0 unspecified atom stereocenters. The van der Waals surface area contributed by atoms with Crippen LogP contribution in [0.3, 0.4) is 0 Å². The smallest absolute Gasteiger partial charge is 0.196 e. The van der Waals surface area contributed by atoms with Crippen LogP contribution < -0.4 is 0 Å². The lowest BCUT2D eigenvalue weighted by atomic mass is 10.1. The zero-order valence-electron chi connectivity index (χ0n) is 8.02. The molecule has 0 aliphatic carbocycles. The number of nitrogens with zero attached hydrogens (tertiary/aromatic N) is 2. The molecular weight excluding hydrogens is 231 g/mol. The van der Waals surface area contributed by atoms with Gasteiger partial charge < -0.3 is 0 Å². The molecule has 80 valence electrons. The van der Waals surface area contributed by atoms with Crippen molar-refractivity contribution in [3.8, 4) is 0 Å². The average Bonchev–Trinajstić information content (AvgIpc) is 2.29. The molecule has 16 heavy (non-hydrogen) atoms. The van der Waals surface area contributed by atoms with Crippen LogP contribution in [0, 0.1) is 5.82 Å². The maximum Gasteiger partial charge on any atom is 0.196 e. The van der Waals surface area contributed by atoms with E-state index in [0.29, 0.717) is 10.7 Å². The highest BCUT2D eigenvalue weighted by molar-refractivity contribution is 6.29. The molecule has 0 saturated heterocycles. The van der Waals surface area contributed by atoms with E-state index >= 15 is 0 Å². The summed E-state index contributed by atoms with van der Waals surface area (Å²) in [6, 6.07) is 4.16. The molecule has 0 N–H and O–H groups in total. The maximum absolute atomic E-state index is 12.9. The lowest BCUT2D eigenvalue weighted by molar-refractivity contribution is 0.103. The average molecular weight is 237 g/mol. The van der Waals surface area contributed by atoms with Crippen LogP contribution in [0.5, 0.6) is 0 Å². The number of halogens is 2. The predicted molar refractivity (Wildman–Crippen MR) is 56.9 cm³/mol. The van der Waals surface area contributed by atoms with Crippen molar-refractivity contribution >= 4 is 17.4 Å². The van der Waals surface area contributed by atoms with Crippen LogP contribution in [0.15, 0.2) is 36.8 Å². The highest BCUT2D eigenvalue weighted by Gasteiger charge is 2.10. The first kappa shape index (κ1) is 10.7. The Kier molecular flexibility index (Phi) is 2.92. The van der Waals surface area contributed by atoms with Crippen molar-refractivity contribution in [3.63, 3.8) is 0 Å². The predicted octanol–water partition coefficient (Wildman–Crippen LogP) is 2.50. The normalized spacial score (nSPS) is 10.1. The number of carbonyl (C=O) groups excluding carboxylic acids is 1. The molecule has 0 aliphatic rings. The van der Waals surface area contributed by atoms with Crippen LogP contribution in [-0.2, 0) is 0 Å². The zero-order chi connectivity index (χ0) is 11.5. The fourth-order valence-electron chi connectivity index (χ4n) is 1.21. The van der Waals surface area contributed by atoms with E-state index in [1.165, 1.54) is 24.5 Å².